The highest BCUT2D eigenvalue weighted by molar-refractivity contribution is 5.95. The summed E-state index contributed by atoms with van der Waals surface area (Å²) in [5.41, 5.74) is 1.52. The number of rotatable bonds is 3. The van der Waals surface area contributed by atoms with E-state index in [9.17, 15) is 4.79 Å². The van der Waals surface area contributed by atoms with Crippen LogP contribution in [0.1, 0.15) is 28.4 Å². The summed E-state index contributed by atoms with van der Waals surface area (Å²) < 4.78 is 16.3. The molecule has 23 heavy (non-hydrogen) atoms. The second-order valence-electron chi connectivity index (χ2n) is 5.51. The lowest BCUT2D eigenvalue weighted by Gasteiger charge is -2.20. The minimum atomic E-state index is -0.165. The second kappa shape index (κ2) is 5.89. The average Bonchev–Trinajstić information content (AvgIpc) is 3.23. The minimum Gasteiger partial charge on any atom is -0.454 e. The molecule has 3 heterocycles. The first-order chi connectivity index (χ1) is 11.3. The van der Waals surface area contributed by atoms with Gasteiger partial charge in [-0.1, -0.05) is 6.07 Å². The van der Waals surface area contributed by atoms with Crippen molar-refractivity contribution < 1.29 is 19.0 Å². The van der Waals surface area contributed by atoms with Gasteiger partial charge in [0.25, 0.3) is 5.91 Å². The Kier molecular flexibility index (Phi) is 3.59. The SMILES string of the molecule is O=C(N[C@H]1CCO[C@@H]1c1cccnc1)c1ccc2c(c1)OCO2. The maximum atomic E-state index is 12.5. The van der Waals surface area contributed by atoms with Gasteiger partial charge >= 0.3 is 0 Å². The highest BCUT2D eigenvalue weighted by atomic mass is 16.7. The van der Waals surface area contributed by atoms with Crippen LogP contribution in [-0.4, -0.2) is 30.3 Å². The standard InChI is InChI=1S/C17H16N2O4/c20-17(11-3-4-14-15(8-11)23-10-22-14)19-13-5-7-21-16(13)12-2-1-6-18-9-12/h1-4,6,8-9,13,16H,5,7,10H2,(H,19,20)/t13-,16+/m0/s1. The first-order valence-electron chi connectivity index (χ1n) is 7.53. The lowest BCUT2D eigenvalue weighted by molar-refractivity contribution is 0.0820. The van der Waals surface area contributed by atoms with Gasteiger partial charge in [-0.3, -0.25) is 9.78 Å². The molecule has 0 spiro atoms. The number of benzene rings is 1. The van der Waals surface area contributed by atoms with E-state index in [2.05, 4.69) is 10.3 Å². The molecule has 0 aliphatic carbocycles. The van der Waals surface area contributed by atoms with Crippen LogP contribution in [-0.2, 0) is 4.74 Å². The number of fused-ring (bicyclic) bond motifs is 1. The molecule has 0 radical (unpaired) electrons. The van der Waals surface area contributed by atoms with Gasteiger partial charge in [-0.15, -0.1) is 0 Å². The number of nitrogens with zero attached hydrogens (tertiary/aromatic N) is 1. The molecule has 118 valence electrons. The molecule has 6 nitrogen and oxygen atoms in total. The van der Waals surface area contributed by atoms with E-state index in [1.54, 1.807) is 30.6 Å². The average molecular weight is 312 g/mol. The van der Waals surface area contributed by atoms with Crippen LogP contribution in [0.3, 0.4) is 0 Å². The van der Waals surface area contributed by atoms with Gasteiger partial charge in [0, 0.05) is 30.1 Å². The molecular formula is C17H16N2O4. The van der Waals surface area contributed by atoms with Crippen molar-refractivity contribution in [2.45, 2.75) is 18.6 Å². The van der Waals surface area contributed by atoms with Gasteiger partial charge in [0.05, 0.1) is 6.04 Å². The van der Waals surface area contributed by atoms with E-state index >= 15 is 0 Å². The Balaban J connectivity index is 1.50. The van der Waals surface area contributed by atoms with Gasteiger partial charge in [-0.2, -0.15) is 0 Å². The fourth-order valence-electron chi connectivity index (χ4n) is 2.90. The molecule has 1 fully saturated rings. The zero-order chi connectivity index (χ0) is 15.6. The number of carbonyl (C=O) groups is 1. The molecule has 1 aromatic carbocycles. The molecule has 6 heteroatoms. The molecule has 1 amide bonds. The molecule has 2 aliphatic rings. The highest BCUT2D eigenvalue weighted by Crippen LogP contribution is 2.33. The summed E-state index contributed by atoms with van der Waals surface area (Å²) >= 11 is 0. The number of carbonyl (C=O) groups excluding carboxylic acids is 1. The zero-order valence-corrected chi connectivity index (χ0v) is 12.4. The Bertz CT molecular complexity index is 720. The van der Waals surface area contributed by atoms with Crippen molar-refractivity contribution in [1.82, 2.24) is 10.3 Å². The third-order valence-electron chi connectivity index (χ3n) is 4.06. The first-order valence-corrected chi connectivity index (χ1v) is 7.53. The topological polar surface area (TPSA) is 69.7 Å². The van der Waals surface area contributed by atoms with Crippen LogP contribution in [0, 0.1) is 0 Å². The summed E-state index contributed by atoms with van der Waals surface area (Å²) in [4.78, 5) is 16.6. The summed E-state index contributed by atoms with van der Waals surface area (Å²) in [6.07, 6.45) is 4.10. The van der Waals surface area contributed by atoms with E-state index in [1.165, 1.54) is 0 Å². The predicted molar refractivity (Wildman–Crippen MR) is 81.4 cm³/mol. The molecule has 2 aromatic rings. The molecule has 2 aliphatic heterocycles. The molecule has 0 unspecified atom stereocenters. The van der Waals surface area contributed by atoms with Crippen molar-refractivity contribution in [3.8, 4) is 11.5 Å². The third kappa shape index (κ3) is 2.73. The molecule has 1 N–H and O–H groups in total. The van der Waals surface area contributed by atoms with E-state index in [1.807, 2.05) is 12.1 Å². The first kappa shape index (κ1) is 14.0. The Morgan fingerprint density at radius 3 is 3.00 bits per heavy atom. The number of aromatic nitrogens is 1. The van der Waals surface area contributed by atoms with Gasteiger partial charge < -0.3 is 19.5 Å². The lowest BCUT2D eigenvalue weighted by Crippen LogP contribution is -2.36. The minimum absolute atomic E-state index is 0.0721. The molecular weight excluding hydrogens is 296 g/mol. The van der Waals surface area contributed by atoms with Gasteiger partial charge in [0.1, 0.15) is 6.10 Å². The van der Waals surface area contributed by atoms with Gasteiger partial charge in [-0.05, 0) is 30.7 Å². The highest BCUT2D eigenvalue weighted by Gasteiger charge is 2.31. The van der Waals surface area contributed by atoms with Gasteiger partial charge in [0.2, 0.25) is 6.79 Å². The Hall–Kier alpha value is -2.60. The van der Waals surface area contributed by atoms with E-state index in [0.29, 0.717) is 23.7 Å². The van der Waals surface area contributed by atoms with E-state index in [-0.39, 0.29) is 24.8 Å². The predicted octanol–water partition coefficient (Wildman–Crippen LogP) is 2.07. The largest absolute Gasteiger partial charge is 0.454 e. The van der Waals surface area contributed by atoms with Crippen LogP contribution in [0.2, 0.25) is 0 Å². The van der Waals surface area contributed by atoms with Crippen molar-refractivity contribution in [3.63, 3.8) is 0 Å². The molecule has 1 saturated heterocycles. The third-order valence-corrected chi connectivity index (χ3v) is 4.06. The summed E-state index contributed by atoms with van der Waals surface area (Å²) in [5.74, 6) is 1.12. The van der Waals surface area contributed by atoms with Crippen molar-refractivity contribution in [2.24, 2.45) is 0 Å². The number of nitrogens with one attached hydrogen (secondary N) is 1. The maximum Gasteiger partial charge on any atom is 0.251 e. The van der Waals surface area contributed by atoms with E-state index in [0.717, 1.165) is 12.0 Å². The quantitative estimate of drug-likeness (QED) is 0.939. The molecule has 4 rings (SSSR count). The van der Waals surface area contributed by atoms with Crippen molar-refractivity contribution in [2.75, 3.05) is 13.4 Å². The van der Waals surface area contributed by atoms with Crippen LogP contribution >= 0.6 is 0 Å². The van der Waals surface area contributed by atoms with E-state index < -0.39 is 0 Å². The smallest absolute Gasteiger partial charge is 0.251 e. The molecule has 2 atom stereocenters. The van der Waals surface area contributed by atoms with Crippen LogP contribution in [0.4, 0.5) is 0 Å². The molecule has 0 saturated carbocycles. The van der Waals surface area contributed by atoms with Gasteiger partial charge in [0.15, 0.2) is 11.5 Å². The molecule has 0 bridgehead atoms. The lowest BCUT2D eigenvalue weighted by atomic mass is 10.0. The summed E-state index contributed by atoms with van der Waals surface area (Å²) in [6.45, 7) is 0.811. The van der Waals surface area contributed by atoms with Crippen LogP contribution in [0.25, 0.3) is 0 Å². The maximum absolute atomic E-state index is 12.5. The fourth-order valence-corrected chi connectivity index (χ4v) is 2.90. The van der Waals surface area contributed by atoms with Crippen molar-refractivity contribution in [3.05, 3.63) is 53.9 Å². The van der Waals surface area contributed by atoms with Crippen LogP contribution in [0.5, 0.6) is 11.5 Å². The van der Waals surface area contributed by atoms with Crippen molar-refractivity contribution >= 4 is 5.91 Å². The van der Waals surface area contributed by atoms with E-state index in [4.69, 9.17) is 14.2 Å². The van der Waals surface area contributed by atoms with Gasteiger partial charge in [-0.25, -0.2) is 0 Å². The van der Waals surface area contributed by atoms with Crippen LogP contribution in [0.15, 0.2) is 42.7 Å². The second-order valence-corrected chi connectivity index (χ2v) is 5.51. The monoisotopic (exact) mass is 312 g/mol. The number of pyridine rings is 1. The van der Waals surface area contributed by atoms with Crippen LogP contribution < -0.4 is 14.8 Å². The Labute approximate surface area is 133 Å². The summed E-state index contributed by atoms with van der Waals surface area (Å²) in [7, 11) is 0. The number of ether oxygens (including phenoxy) is 3. The Morgan fingerprint density at radius 1 is 1.22 bits per heavy atom. The number of amides is 1. The molecule has 1 aromatic heterocycles. The zero-order valence-electron chi connectivity index (χ0n) is 12.4. The van der Waals surface area contributed by atoms with Crippen molar-refractivity contribution in [1.29, 1.82) is 0 Å². The summed E-state index contributed by atoms with van der Waals surface area (Å²) in [5, 5.41) is 3.05. The fraction of sp³-hybridized carbons (Fsp3) is 0.294. The number of hydrogen-bond donors (Lipinski definition) is 1. The normalized spacial score (nSPS) is 22.1. The summed E-state index contributed by atoms with van der Waals surface area (Å²) in [6, 6.07) is 8.94. The Morgan fingerprint density at radius 2 is 2.13 bits per heavy atom. The number of hydrogen-bond acceptors (Lipinski definition) is 5.